The summed E-state index contributed by atoms with van der Waals surface area (Å²) in [5.41, 5.74) is 0.460. The van der Waals surface area contributed by atoms with E-state index in [9.17, 15) is 10.1 Å². The molecule has 0 spiro atoms. The molecule has 0 radical (unpaired) electrons. The summed E-state index contributed by atoms with van der Waals surface area (Å²) >= 11 is 23.8. The van der Waals surface area contributed by atoms with Crippen LogP contribution in [0.15, 0.2) is 30.3 Å². The minimum absolute atomic E-state index is 0.129. The molecule has 0 heterocycles. The molecule has 0 aromatic heterocycles. The van der Waals surface area contributed by atoms with Gasteiger partial charge in [0.15, 0.2) is 0 Å². The van der Waals surface area contributed by atoms with Crippen molar-refractivity contribution in [3.63, 3.8) is 0 Å². The molecule has 0 atom stereocenters. The van der Waals surface area contributed by atoms with Crippen molar-refractivity contribution in [3.05, 3.63) is 60.5 Å². The molecule has 0 amide bonds. The molecule has 2 aromatic carbocycles. The molecule has 0 saturated heterocycles. The first-order valence-electron chi connectivity index (χ1n) is 4.99. The van der Waals surface area contributed by atoms with Crippen molar-refractivity contribution in [3.8, 4) is 11.1 Å². The van der Waals surface area contributed by atoms with E-state index in [1.54, 1.807) is 0 Å². The van der Waals surface area contributed by atoms with Gasteiger partial charge in [-0.25, -0.2) is 0 Å². The second-order valence-electron chi connectivity index (χ2n) is 3.66. The van der Waals surface area contributed by atoms with Gasteiger partial charge in [0.1, 0.15) is 0 Å². The molecule has 7 heteroatoms. The van der Waals surface area contributed by atoms with Crippen LogP contribution in [0.1, 0.15) is 0 Å². The summed E-state index contributed by atoms with van der Waals surface area (Å²) in [7, 11) is 0. The lowest BCUT2D eigenvalue weighted by atomic mass is 10.0. The maximum atomic E-state index is 11.0. The molecule has 0 unspecified atom stereocenters. The highest BCUT2D eigenvalue weighted by atomic mass is 35.5. The molecule has 0 aliphatic heterocycles. The number of hydrogen-bond acceptors (Lipinski definition) is 2. The van der Waals surface area contributed by atoms with Gasteiger partial charge in [0.05, 0.1) is 20.5 Å². The molecule has 19 heavy (non-hydrogen) atoms. The topological polar surface area (TPSA) is 43.1 Å². The predicted molar refractivity (Wildman–Crippen MR) is 78.6 cm³/mol. The average molecular weight is 337 g/mol. The number of benzene rings is 2. The predicted octanol–water partition coefficient (Wildman–Crippen LogP) is 5.88. The largest absolute Gasteiger partial charge is 0.277 e. The first-order chi connectivity index (χ1) is 8.90. The van der Waals surface area contributed by atoms with E-state index in [0.29, 0.717) is 15.6 Å². The van der Waals surface area contributed by atoms with Crippen molar-refractivity contribution in [1.82, 2.24) is 0 Å². The van der Waals surface area contributed by atoms with Gasteiger partial charge < -0.3 is 0 Å². The van der Waals surface area contributed by atoms with Crippen LogP contribution in [0.5, 0.6) is 0 Å². The minimum Gasteiger partial charge on any atom is -0.258 e. The summed E-state index contributed by atoms with van der Waals surface area (Å²) in [6.45, 7) is 0. The van der Waals surface area contributed by atoms with Gasteiger partial charge >= 0.3 is 0 Å². The number of hydrogen-bond donors (Lipinski definition) is 0. The fourth-order valence-electron chi connectivity index (χ4n) is 1.67. The van der Waals surface area contributed by atoms with E-state index in [0.717, 1.165) is 0 Å². The summed E-state index contributed by atoms with van der Waals surface area (Å²) in [5, 5.41) is 12.2. The molecule has 0 saturated carbocycles. The lowest BCUT2D eigenvalue weighted by Gasteiger charge is -2.09. The van der Waals surface area contributed by atoms with Gasteiger partial charge in [-0.3, -0.25) is 10.1 Å². The van der Waals surface area contributed by atoms with Gasteiger partial charge in [-0.1, -0.05) is 46.4 Å². The van der Waals surface area contributed by atoms with Crippen LogP contribution in [0.3, 0.4) is 0 Å². The molecule has 3 nitrogen and oxygen atoms in total. The highest BCUT2D eigenvalue weighted by Gasteiger charge is 2.20. The second-order valence-corrected chi connectivity index (χ2v) is 5.35. The van der Waals surface area contributed by atoms with E-state index in [1.165, 1.54) is 30.3 Å². The van der Waals surface area contributed by atoms with Crippen molar-refractivity contribution in [1.29, 1.82) is 0 Å². The van der Waals surface area contributed by atoms with E-state index >= 15 is 0 Å². The van der Waals surface area contributed by atoms with Crippen LogP contribution < -0.4 is 0 Å². The molecule has 0 N–H and O–H groups in total. The van der Waals surface area contributed by atoms with Crippen LogP contribution in [-0.4, -0.2) is 4.92 Å². The summed E-state index contributed by atoms with van der Waals surface area (Å²) < 4.78 is 0. The molecule has 0 fully saturated rings. The van der Waals surface area contributed by atoms with E-state index in [2.05, 4.69) is 0 Å². The van der Waals surface area contributed by atoms with Gasteiger partial charge in [0.25, 0.3) is 5.69 Å². The van der Waals surface area contributed by atoms with Crippen LogP contribution in [0.25, 0.3) is 11.1 Å². The van der Waals surface area contributed by atoms with E-state index < -0.39 is 4.92 Å². The van der Waals surface area contributed by atoms with Crippen LogP contribution in [-0.2, 0) is 0 Å². The Morgan fingerprint density at radius 2 is 1.47 bits per heavy atom. The summed E-state index contributed by atoms with van der Waals surface area (Å²) in [6.07, 6.45) is 0. The third-order valence-electron chi connectivity index (χ3n) is 2.43. The lowest BCUT2D eigenvalue weighted by Crippen LogP contribution is -1.93. The van der Waals surface area contributed by atoms with Gasteiger partial charge in [0.2, 0.25) is 0 Å². The monoisotopic (exact) mass is 335 g/mol. The highest BCUT2D eigenvalue weighted by Crippen LogP contribution is 2.42. The smallest absolute Gasteiger partial charge is 0.258 e. The van der Waals surface area contributed by atoms with Crippen molar-refractivity contribution in [2.75, 3.05) is 0 Å². The molecule has 2 rings (SSSR count). The number of nitro benzene ring substituents is 1. The van der Waals surface area contributed by atoms with Crippen molar-refractivity contribution in [2.24, 2.45) is 0 Å². The molecule has 0 bridgehead atoms. The Morgan fingerprint density at radius 1 is 0.895 bits per heavy atom. The standard InChI is InChI=1S/C12H5Cl4NO2/c13-6-1-2-11(17(18)19)8(3-6)12-9(15)4-7(14)5-10(12)16/h1-5H. The Hall–Kier alpha value is -1.000. The highest BCUT2D eigenvalue weighted by molar-refractivity contribution is 6.42. The second kappa shape index (κ2) is 5.55. The zero-order valence-corrected chi connectivity index (χ0v) is 12.2. The fourth-order valence-corrected chi connectivity index (χ4v) is 2.86. The Kier molecular flexibility index (Phi) is 4.21. The molecule has 2 aromatic rings. The SMILES string of the molecule is O=[N+]([O-])c1ccc(Cl)cc1-c1c(Cl)cc(Cl)cc1Cl. The summed E-state index contributed by atoms with van der Waals surface area (Å²) in [6, 6.07) is 7.12. The van der Waals surface area contributed by atoms with Crippen molar-refractivity contribution in [2.45, 2.75) is 0 Å². The van der Waals surface area contributed by atoms with Crippen LogP contribution >= 0.6 is 46.4 Å². The first-order valence-corrected chi connectivity index (χ1v) is 6.50. The molecular weight excluding hydrogens is 332 g/mol. The normalized spacial score (nSPS) is 10.5. The number of halogens is 4. The number of nitro groups is 1. The van der Waals surface area contributed by atoms with Gasteiger partial charge in [0, 0.05) is 21.7 Å². The quantitative estimate of drug-likeness (QED) is 0.508. The van der Waals surface area contributed by atoms with Gasteiger partial charge in [-0.2, -0.15) is 0 Å². The van der Waals surface area contributed by atoms with E-state index in [4.69, 9.17) is 46.4 Å². The fraction of sp³-hybridized carbons (Fsp3) is 0. The van der Waals surface area contributed by atoms with Crippen LogP contribution in [0.2, 0.25) is 20.1 Å². The summed E-state index contributed by atoms with van der Waals surface area (Å²) in [4.78, 5) is 10.5. The number of nitrogens with zero attached hydrogens (tertiary/aromatic N) is 1. The zero-order valence-electron chi connectivity index (χ0n) is 9.16. The van der Waals surface area contributed by atoms with Gasteiger partial charge in [-0.15, -0.1) is 0 Å². The van der Waals surface area contributed by atoms with Crippen LogP contribution in [0, 0.1) is 10.1 Å². The Morgan fingerprint density at radius 3 is 2.00 bits per heavy atom. The van der Waals surface area contributed by atoms with Crippen molar-refractivity contribution >= 4 is 52.1 Å². The first kappa shape index (κ1) is 14.4. The van der Waals surface area contributed by atoms with Crippen LogP contribution in [0.4, 0.5) is 5.69 Å². The van der Waals surface area contributed by atoms with Crippen molar-refractivity contribution < 1.29 is 4.92 Å². The minimum atomic E-state index is -0.521. The Labute approximate surface area is 128 Å². The van der Waals surface area contributed by atoms with E-state index in [-0.39, 0.29) is 21.3 Å². The number of rotatable bonds is 2. The molecule has 98 valence electrons. The zero-order chi connectivity index (χ0) is 14.2. The maximum absolute atomic E-state index is 11.0. The Balaban J connectivity index is 2.78. The molecular formula is C12H5Cl4NO2. The maximum Gasteiger partial charge on any atom is 0.277 e. The van der Waals surface area contributed by atoms with Gasteiger partial charge in [-0.05, 0) is 24.3 Å². The third kappa shape index (κ3) is 2.95. The summed E-state index contributed by atoms with van der Waals surface area (Å²) in [5.74, 6) is 0. The average Bonchev–Trinajstić information content (AvgIpc) is 2.27. The third-order valence-corrected chi connectivity index (χ3v) is 3.48. The Bertz CT molecular complexity index is 650. The molecule has 0 aliphatic carbocycles. The molecule has 0 aliphatic rings. The lowest BCUT2D eigenvalue weighted by molar-refractivity contribution is -0.384. The van der Waals surface area contributed by atoms with E-state index in [1.807, 2.05) is 0 Å².